The molecule has 0 bridgehead atoms. The lowest BCUT2D eigenvalue weighted by molar-refractivity contribution is -0.135. The summed E-state index contributed by atoms with van der Waals surface area (Å²) >= 11 is 0. The van der Waals surface area contributed by atoms with E-state index >= 15 is 0 Å². The molecule has 5 heteroatoms. The van der Waals surface area contributed by atoms with Gasteiger partial charge >= 0.3 is 0 Å². The number of aromatic hydroxyl groups is 1. The number of morpholine rings is 1. The van der Waals surface area contributed by atoms with Crippen LogP contribution >= 0.6 is 0 Å². The van der Waals surface area contributed by atoms with Crippen molar-refractivity contribution < 1.29 is 14.6 Å². The van der Waals surface area contributed by atoms with Crippen LogP contribution in [0.3, 0.4) is 0 Å². The first kappa shape index (κ1) is 14.8. The Morgan fingerprint density at radius 1 is 1.45 bits per heavy atom. The number of ether oxygens (including phenoxy) is 1. The van der Waals surface area contributed by atoms with E-state index in [1.807, 2.05) is 24.0 Å². The lowest BCUT2D eigenvalue weighted by Gasteiger charge is -2.27. The van der Waals surface area contributed by atoms with Crippen molar-refractivity contribution in [2.45, 2.75) is 19.4 Å². The Labute approximate surface area is 119 Å². The van der Waals surface area contributed by atoms with Gasteiger partial charge in [-0.05, 0) is 24.6 Å². The highest BCUT2D eigenvalue weighted by atomic mass is 16.5. The Hall–Kier alpha value is -1.59. The van der Waals surface area contributed by atoms with Crippen LogP contribution in [-0.2, 0) is 9.53 Å². The fraction of sp³-hybridized carbons (Fsp3) is 0.533. The highest BCUT2D eigenvalue weighted by molar-refractivity contribution is 5.76. The molecule has 5 nitrogen and oxygen atoms in total. The topological polar surface area (TPSA) is 61.8 Å². The molecule has 1 unspecified atom stereocenters. The third-order valence-corrected chi connectivity index (χ3v) is 3.52. The van der Waals surface area contributed by atoms with Crippen LogP contribution in [0, 0.1) is 0 Å². The van der Waals surface area contributed by atoms with E-state index in [0.717, 1.165) is 5.56 Å². The molecule has 1 aromatic rings. The lowest BCUT2D eigenvalue weighted by atomic mass is 10.1. The molecule has 1 aliphatic rings. The van der Waals surface area contributed by atoms with Gasteiger partial charge in [0, 0.05) is 32.1 Å². The van der Waals surface area contributed by atoms with Crippen molar-refractivity contribution in [2.24, 2.45) is 0 Å². The first-order valence-corrected chi connectivity index (χ1v) is 7.04. The molecule has 2 N–H and O–H groups in total. The Kier molecular flexibility index (Phi) is 5.38. The van der Waals surface area contributed by atoms with Gasteiger partial charge in [-0.2, -0.15) is 0 Å². The molecule has 1 fully saturated rings. The molecule has 20 heavy (non-hydrogen) atoms. The maximum absolute atomic E-state index is 12.0. The second kappa shape index (κ2) is 7.26. The second-order valence-electron chi connectivity index (χ2n) is 5.01. The van der Waals surface area contributed by atoms with Crippen LogP contribution in [-0.4, -0.2) is 48.8 Å². The number of phenols is 1. The molecule has 0 aromatic heterocycles. The average Bonchev–Trinajstić information content (AvgIpc) is 2.48. The largest absolute Gasteiger partial charge is 0.508 e. The van der Waals surface area contributed by atoms with Gasteiger partial charge in [-0.25, -0.2) is 0 Å². The molecule has 1 aliphatic heterocycles. The van der Waals surface area contributed by atoms with Gasteiger partial charge in [0.15, 0.2) is 0 Å². The number of carbonyl (C=O) groups is 1. The molecule has 1 aromatic carbocycles. The van der Waals surface area contributed by atoms with E-state index in [9.17, 15) is 9.90 Å². The van der Waals surface area contributed by atoms with E-state index in [4.69, 9.17) is 4.74 Å². The predicted molar refractivity (Wildman–Crippen MR) is 76.5 cm³/mol. The van der Waals surface area contributed by atoms with Gasteiger partial charge < -0.3 is 20.1 Å². The zero-order valence-corrected chi connectivity index (χ0v) is 11.8. The zero-order valence-electron chi connectivity index (χ0n) is 11.8. The van der Waals surface area contributed by atoms with Crippen LogP contribution < -0.4 is 5.32 Å². The molecule has 1 heterocycles. The summed E-state index contributed by atoms with van der Waals surface area (Å²) in [5.74, 6) is 0.435. The third-order valence-electron chi connectivity index (χ3n) is 3.52. The summed E-state index contributed by atoms with van der Waals surface area (Å²) in [7, 11) is 0. The molecule has 0 radical (unpaired) electrons. The van der Waals surface area contributed by atoms with E-state index in [-0.39, 0.29) is 17.7 Å². The fourth-order valence-corrected chi connectivity index (χ4v) is 2.28. The Balaban J connectivity index is 1.73. The number of nitrogens with one attached hydrogen (secondary N) is 1. The van der Waals surface area contributed by atoms with Crippen molar-refractivity contribution >= 4 is 5.91 Å². The summed E-state index contributed by atoms with van der Waals surface area (Å²) in [6.07, 6.45) is 0.489. The van der Waals surface area contributed by atoms with Crippen LogP contribution in [0.1, 0.15) is 24.9 Å². The van der Waals surface area contributed by atoms with Gasteiger partial charge in [-0.1, -0.05) is 12.1 Å². The Morgan fingerprint density at radius 3 is 2.90 bits per heavy atom. The van der Waals surface area contributed by atoms with E-state index in [1.54, 1.807) is 12.1 Å². The van der Waals surface area contributed by atoms with Crippen LogP contribution in [0.25, 0.3) is 0 Å². The van der Waals surface area contributed by atoms with Gasteiger partial charge in [0.05, 0.1) is 13.2 Å². The number of hydrogen-bond acceptors (Lipinski definition) is 4. The van der Waals surface area contributed by atoms with E-state index < -0.39 is 0 Å². The minimum Gasteiger partial charge on any atom is -0.508 e. The van der Waals surface area contributed by atoms with E-state index in [0.29, 0.717) is 39.3 Å². The van der Waals surface area contributed by atoms with E-state index in [2.05, 4.69) is 5.32 Å². The average molecular weight is 278 g/mol. The maximum Gasteiger partial charge on any atom is 0.224 e. The molecule has 0 aliphatic carbocycles. The summed E-state index contributed by atoms with van der Waals surface area (Å²) in [6, 6.07) is 7.28. The summed E-state index contributed by atoms with van der Waals surface area (Å²) in [6.45, 7) is 5.32. The highest BCUT2D eigenvalue weighted by Gasteiger charge is 2.16. The molecule has 1 atom stereocenters. The van der Waals surface area contributed by atoms with Crippen molar-refractivity contribution in [1.82, 2.24) is 10.2 Å². The Morgan fingerprint density at radius 2 is 2.20 bits per heavy atom. The van der Waals surface area contributed by atoms with Crippen molar-refractivity contribution in [1.29, 1.82) is 0 Å². The molecule has 110 valence electrons. The van der Waals surface area contributed by atoms with Gasteiger partial charge in [-0.15, -0.1) is 0 Å². The van der Waals surface area contributed by atoms with Crippen molar-refractivity contribution in [2.75, 3.05) is 32.8 Å². The van der Waals surface area contributed by atoms with Gasteiger partial charge in [0.25, 0.3) is 0 Å². The summed E-state index contributed by atoms with van der Waals surface area (Å²) in [5, 5.41) is 12.8. The third kappa shape index (κ3) is 4.21. The monoisotopic (exact) mass is 278 g/mol. The quantitative estimate of drug-likeness (QED) is 0.852. The molecule has 1 saturated heterocycles. The van der Waals surface area contributed by atoms with Crippen molar-refractivity contribution in [3.05, 3.63) is 29.8 Å². The predicted octanol–water partition coefficient (Wildman–Crippen LogP) is 1.29. The summed E-state index contributed by atoms with van der Waals surface area (Å²) < 4.78 is 5.23. The summed E-state index contributed by atoms with van der Waals surface area (Å²) in [5.41, 5.74) is 1.02. The smallest absolute Gasteiger partial charge is 0.224 e. The van der Waals surface area contributed by atoms with Crippen LogP contribution in [0.5, 0.6) is 5.75 Å². The van der Waals surface area contributed by atoms with Crippen molar-refractivity contribution in [3.63, 3.8) is 0 Å². The number of hydrogen-bond donors (Lipinski definition) is 2. The molecule has 0 spiro atoms. The number of nitrogens with zero attached hydrogens (tertiary/aromatic N) is 1. The standard InChI is InChI=1S/C15H22N2O3/c1-12(13-3-2-4-14(18)11-13)16-6-5-15(19)17-7-9-20-10-8-17/h2-4,11-12,16,18H,5-10H2,1H3. The van der Waals surface area contributed by atoms with Gasteiger partial charge in [0.2, 0.25) is 5.91 Å². The number of amides is 1. The number of carbonyl (C=O) groups excluding carboxylic acids is 1. The maximum atomic E-state index is 12.0. The molecular weight excluding hydrogens is 256 g/mol. The first-order chi connectivity index (χ1) is 9.66. The second-order valence-corrected chi connectivity index (χ2v) is 5.01. The SMILES string of the molecule is CC(NCCC(=O)N1CCOCC1)c1cccc(O)c1. The number of benzene rings is 1. The minimum atomic E-state index is 0.111. The first-order valence-electron chi connectivity index (χ1n) is 7.04. The minimum absolute atomic E-state index is 0.111. The Bertz CT molecular complexity index is 444. The highest BCUT2D eigenvalue weighted by Crippen LogP contribution is 2.17. The van der Waals surface area contributed by atoms with Crippen LogP contribution in [0.4, 0.5) is 0 Å². The van der Waals surface area contributed by atoms with Crippen LogP contribution in [0.15, 0.2) is 24.3 Å². The number of rotatable bonds is 5. The molecular formula is C15H22N2O3. The fourth-order valence-electron chi connectivity index (χ4n) is 2.28. The zero-order chi connectivity index (χ0) is 14.4. The van der Waals surface area contributed by atoms with Gasteiger partial charge in [-0.3, -0.25) is 4.79 Å². The van der Waals surface area contributed by atoms with Gasteiger partial charge in [0.1, 0.15) is 5.75 Å². The molecule has 2 rings (SSSR count). The van der Waals surface area contributed by atoms with Crippen LogP contribution in [0.2, 0.25) is 0 Å². The van der Waals surface area contributed by atoms with E-state index in [1.165, 1.54) is 0 Å². The molecule has 0 saturated carbocycles. The lowest BCUT2D eigenvalue weighted by Crippen LogP contribution is -2.41. The number of phenolic OH excluding ortho intramolecular Hbond substituents is 1. The summed E-state index contributed by atoms with van der Waals surface area (Å²) in [4.78, 5) is 13.8. The molecule has 1 amide bonds. The van der Waals surface area contributed by atoms with Crippen molar-refractivity contribution in [3.8, 4) is 5.75 Å². The normalized spacial score (nSPS) is 16.9.